The van der Waals surface area contributed by atoms with Crippen molar-refractivity contribution >= 4 is 16.9 Å². The number of aliphatic hydroxyl groups is 1. The molecule has 2 N–H and O–H groups in total. The smallest absolute Gasteiger partial charge is 0.409 e. The van der Waals surface area contributed by atoms with Gasteiger partial charge in [0.25, 0.3) is 5.56 Å². The average Bonchev–Trinajstić information content (AvgIpc) is 2.41. The summed E-state index contributed by atoms with van der Waals surface area (Å²) in [5.74, 6) is -1.15. The highest BCUT2D eigenvalue weighted by Crippen LogP contribution is 2.19. The van der Waals surface area contributed by atoms with Gasteiger partial charge in [0, 0.05) is 6.42 Å². The van der Waals surface area contributed by atoms with Crippen molar-refractivity contribution in [2.24, 2.45) is 0 Å². The first-order valence-corrected chi connectivity index (χ1v) is 6.20. The number of benzene rings is 1. The van der Waals surface area contributed by atoms with E-state index < -0.39 is 23.6 Å². The Balaban J connectivity index is 2.19. The molecule has 0 aliphatic carbocycles. The number of rotatable bonds is 1. The Kier molecular flexibility index (Phi) is 2.90. The van der Waals surface area contributed by atoms with Crippen LogP contribution in [-0.2, 0) is 4.79 Å². The van der Waals surface area contributed by atoms with E-state index in [-0.39, 0.29) is 29.7 Å². The molecule has 1 saturated heterocycles. The summed E-state index contributed by atoms with van der Waals surface area (Å²) in [6.45, 7) is 0. The highest BCUT2D eigenvalue weighted by molar-refractivity contribution is 5.77. The number of carbonyl (C=O) groups is 1. The minimum Gasteiger partial charge on any atom is -0.409 e. The van der Waals surface area contributed by atoms with Gasteiger partial charge in [0.05, 0.1) is 11.4 Å². The second kappa shape index (κ2) is 4.61. The van der Waals surface area contributed by atoms with Gasteiger partial charge in [-0.2, -0.15) is 0 Å². The van der Waals surface area contributed by atoms with Crippen molar-refractivity contribution in [3.8, 4) is 0 Å². The lowest BCUT2D eigenvalue weighted by Crippen LogP contribution is -2.50. The van der Waals surface area contributed by atoms with Crippen LogP contribution in [0.15, 0.2) is 38.3 Å². The molecule has 1 fully saturated rings. The van der Waals surface area contributed by atoms with E-state index in [1.165, 1.54) is 6.07 Å². The van der Waals surface area contributed by atoms with Gasteiger partial charge in [-0.05, 0) is 18.6 Å². The Morgan fingerprint density at radius 2 is 2.00 bits per heavy atom. The average molecular weight is 276 g/mol. The monoisotopic (exact) mass is 276 g/mol. The van der Waals surface area contributed by atoms with Crippen LogP contribution in [0, 0.1) is 0 Å². The fourth-order valence-electron chi connectivity index (χ4n) is 2.41. The van der Waals surface area contributed by atoms with Gasteiger partial charge in [-0.3, -0.25) is 9.59 Å². The Labute approximate surface area is 112 Å². The minimum absolute atomic E-state index is 0.139. The molecule has 3 rings (SSSR count). The van der Waals surface area contributed by atoms with Gasteiger partial charge in [-0.25, -0.2) is 9.36 Å². The third-order valence-corrected chi connectivity index (χ3v) is 3.40. The third-order valence-electron chi connectivity index (χ3n) is 3.40. The Bertz CT molecular complexity index is 791. The molecule has 7 heteroatoms. The van der Waals surface area contributed by atoms with Gasteiger partial charge in [0.2, 0.25) is 5.91 Å². The van der Waals surface area contributed by atoms with E-state index >= 15 is 0 Å². The first-order valence-electron chi connectivity index (χ1n) is 6.20. The zero-order chi connectivity index (χ0) is 14.3. The number of carbonyl (C=O) groups excluding carboxylic acids is 1. The largest absolute Gasteiger partial charge is 0.422 e. The summed E-state index contributed by atoms with van der Waals surface area (Å²) in [6, 6.07) is 5.57. The summed E-state index contributed by atoms with van der Waals surface area (Å²) < 4.78 is 5.95. The van der Waals surface area contributed by atoms with Crippen molar-refractivity contribution in [2.45, 2.75) is 25.1 Å². The molecular formula is C13H12N2O5. The van der Waals surface area contributed by atoms with Crippen LogP contribution >= 0.6 is 0 Å². The molecule has 1 aromatic heterocycles. The molecule has 1 aliphatic rings. The molecule has 0 radical (unpaired) electrons. The number of nitrogens with one attached hydrogen (secondary N) is 1. The lowest BCUT2D eigenvalue weighted by Gasteiger charge is -2.28. The molecule has 0 bridgehead atoms. The molecule has 104 valence electrons. The maximum Gasteiger partial charge on any atom is 0.422 e. The Morgan fingerprint density at radius 1 is 1.25 bits per heavy atom. The molecule has 2 atom stereocenters. The van der Waals surface area contributed by atoms with Crippen LogP contribution in [0.5, 0.6) is 0 Å². The maximum absolute atomic E-state index is 12.4. The zero-order valence-corrected chi connectivity index (χ0v) is 10.4. The van der Waals surface area contributed by atoms with E-state index in [2.05, 4.69) is 5.32 Å². The Hall–Kier alpha value is -2.41. The highest BCUT2D eigenvalue weighted by Gasteiger charge is 2.31. The van der Waals surface area contributed by atoms with Crippen LogP contribution in [0.1, 0.15) is 18.9 Å². The molecule has 1 aromatic carbocycles. The molecule has 7 nitrogen and oxygen atoms in total. The SMILES string of the molecule is O=C1CCC(n2c(=O)oc3ccccc3c2=O)C(O)N1. The van der Waals surface area contributed by atoms with Crippen LogP contribution < -0.4 is 16.6 Å². The van der Waals surface area contributed by atoms with Crippen molar-refractivity contribution < 1.29 is 14.3 Å². The van der Waals surface area contributed by atoms with Crippen molar-refractivity contribution in [3.63, 3.8) is 0 Å². The first kappa shape index (κ1) is 12.6. The number of hydrogen-bond donors (Lipinski definition) is 2. The van der Waals surface area contributed by atoms with Crippen LogP contribution in [0.4, 0.5) is 0 Å². The molecular weight excluding hydrogens is 264 g/mol. The van der Waals surface area contributed by atoms with E-state index in [0.29, 0.717) is 0 Å². The van der Waals surface area contributed by atoms with Crippen molar-refractivity contribution in [3.05, 3.63) is 45.2 Å². The summed E-state index contributed by atoms with van der Waals surface area (Å²) in [4.78, 5) is 35.5. The van der Waals surface area contributed by atoms with Gasteiger partial charge in [-0.1, -0.05) is 12.1 Å². The predicted octanol–water partition coefficient (Wildman–Crippen LogP) is -0.276. The molecule has 0 spiro atoms. The van der Waals surface area contributed by atoms with Gasteiger partial charge < -0.3 is 14.8 Å². The summed E-state index contributed by atoms with van der Waals surface area (Å²) in [6.07, 6.45) is -0.936. The second-order valence-electron chi connectivity index (χ2n) is 4.66. The summed E-state index contributed by atoms with van der Waals surface area (Å²) in [5.41, 5.74) is -0.329. The Morgan fingerprint density at radius 3 is 2.75 bits per heavy atom. The van der Waals surface area contributed by atoms with Crippen molar-refractivity contribution in [2.75, 3.05) is 0 Å². The summed E-state index contributed by atoms with van der Waals surface area (Å²) in [7, 11) is 0. The molecule has 0 saturated carbocycles. The van der Waals surface area contributed by atoms with Gasteiger partial charge in [0.1, 0.15) is 11.8 Å². The molecule has 20 heavy (non-hydrogen) atoms. The number of hydrogen-bond acceptors (Lipinski definition) is 5. The quantitative estimate of drug-likeness (QED) is 0.746. The van der Waals surface area contributed by atoms with E-state index in [0.717, 1.165) is 4.57 Å². The second-order valence-corrected chi connectivity index (χ2v) is 4.66. The van der Waals surface area contributed by atoms with Crippen LogP contribution in [0.3, 0.4) is 0 Å². The van der Waals surface area contributed by atoms with Crippen LogP contribution in [-0.4, -0.2) is 21.8 Å². The lowest BCUT2D eigenvalue weighted by molar-refractivity contribution is -0.128. The van der Waals surface area contributed by atoms with E-state index in [1.54, 1.807) is 18.2 Å². The van der Waals surface area contributed by atoms with E-state index in [1.807, 2.05) is 0 Å². The number of para-hydroxylation sites is 1. The fraction of sp³-hybridized carbons (Fsp3) is 0.308. The maximum atomic E-state index is 12.4. The highest BCUT2D eigenvalue weighted by atomic mass is 16.4. The molecule has 2 unspecified atom stereocenters. The number of aliphatic hydroxyl groups excluding tert-OH is 1. The van der Waals surface area contributed by atoms with E-state index in [9.17, 15) is 19.5 Å². The van der Waals surface area contributed by atoms with E-state index in [4.69, 9.17) is 4.42 Å². The van der Waals surface area contributed by atoms with Gasteiger partial charge >= 0.3 is 5.76 Å². The van der Waals surface area contributed by atoms with Crippen LogP contribution in [0.2, 0.25) is 0 Å². The first-order chi connectivity index (χ1) is 9.58. The number of amides is 1. The van der Waals surface area contributed by atoms with Gasteiger partial charge in [0.15, 0.2) is 0 Å². The zero-order valence-electron chi connectivity index (χ0n) is 10.4. The predicted molar refractivity (Wildman–Crippen MR) is 69.2 cm³/mol. The van der Waals surface area contributed by atoms with Crippen molar-refractivity contribution in [1.82, 2.24) is 9.88 Å². The number of piperidine rings is 1. The fourth-order valence-corrected chi connectivity index (χ4v) is 2.41. The summed E-state index contributed by atoms with van der Waals surface area (Å²) >= 11 is 0. The lowest BCUT2D eigenvalue weighted by atomic mass is 10.0. The topological polar surface area (TPSA) is 102 Å². The normalized spacial score (nSPS) is 22.8. The molecule has 2 heterocycles. The standard InChI is InChI=1S/C13H12N2O5/c16-10-6-5-8(11(17)14-10)15-12(18)7-3-1-2-4-9(7)20-13(15)19/h1-4,8,11,17H,5-6H2,(H,14,16). The van der Waals surface area contributed by atoms with Crippen molar-refractivity contribution in [1.29, 1.82) is 0 Å². The summed E-state index contributed by atoms with van der Waals surface area (Å²) in [5, 5.41) is 12.4. The third kappa shape index (κ3) is 1.92. The molecule has 2 aromatic rings. The minimum atomic E-state index is -1.28. The number of aromatic nitrogens is 1. The number of nitrogens with zero attached hydrogens (tertiary/aromatic N) is 1. The van der Waals surface area contributed by atoms with Gasteiger partial charge in [-0.15, -0.1) is 0 Å². The molecule has 1 aliphatic heterocycles. The molecule has 1 amide bonds. The number of fused-ring (bicyclic) bond motifs is 1. The van der Waals surface area contributed by atoms with Crippen LogP contribution in [0.25, 0.3) is 11.0 Å².